The quantitative estimate of drug-likeness (QED) is 0.280. The molecule has 3 N–H and O–H groups in total. The van der Waals surface area contributed by atoms with Crippen LogP contribution in [0.1, 0.15) is 40.8 Å². The van der Waals surface area contributed by atoms with E-state index in [1.165, 1.54) is 17.7 Å². The van der Waals surface area contributed by atoms with Crippen LogP contribution in [0.4, 0.5) is 8.78 Å². The Morgan fingerprint density at radius 2 is 1.76 bits per heavy atom. The molecule has 2 aromatic heterocycles. The Hall–Kier alpha value is -3.76. The highest BCUT2D eigenvalue weighted by Crippen LogP contribution is 2.13. The highest BCUT2D eigenvalue weighted by atomic mass is 19.1. The molecule has 4 rings (SSSR count). The first-order valence-corrected chi connectivity index (χ1v) is 12.6. The molecule has 2 heterocycles. The summed E-state index contributed by atoms with van der Waals surface area (Å²) in [5.74, 6) is -1.19. The molecule has 0 unspecified atom stereocenters. The number of halogens is 2. The maximum absolute atomic E-state index is 13.8. The monoisotopic (exact) mass is 522 g/mol. The van der Waals surface area contributed by atoms with Crippen LogP contribution >= 0.6 is 0 Å². The van der Waals surface area contributed by atoms with Crippen molar-refractivity contribution in [3.63, 3.8) is 0 Å². The number of hydrogen-bond acceptors (Lipinski definition) is 6. The lowest BCUT2D eigenvalue weighted by Gasteiger charge is -2.25. The zero-order valence-electron chi connectivity index (χ0n) is 21.7. The van der Waals surface area contributed by atoms with E-state index in [4.69, 9.17) is 0 Å². The molecule has 0 aliphatic rings. The summed E-state index contributed by atoms with van der Waals surface area (Å²) < 4.78 is 29.2. The molecule has 0 fully saturated rings. The standard InChI is InChI=1S/C28H32F2N6O2/c1-4-19-6-5-7-20(9-19)15-31-16-25(37)24(12-21-10-22(29)13-23(30)11-21)33-27(38)14-26-34-28-32-17(2)8-18(3)36(28)35-26/h5-11,13,24-25,31,37H,4,12,14-16H2,1-3H3,(H,33,38)/t24-,25-/m1/s1. The van der Waals surface area contributed by atoms with Gasteiger partial charge in [0.15, 0.2) is 5.82 Å². The highest BCUT2D eigenvalue weighted by molar-refractivity contribution is 5.78. The number of amides is 1. The Morgan fingerprint density at radius 1 is 1.03 bits per heavy atom. The summed E-state index contributed by atoms with van der Waals surface area (Å²) in [5, 5.41) is 21.3. The van der Waals surface area contributed by atoms with E-state index in [-0.39, 0.29) is 25.2 Å². The molecule has 2 atom stereocenters. The van der Waals surface area contributed by atoms with E-state index in [2.05, 4.69) is 44.8 Å². The number of aryl methyl sites for hydroxylation is 3. The number of nitrogens with zero attached hydrogens (tertiary/aromatic N) is 4. The SMILES string of the molecule is CCc1cccc(CNC[C@@H](O)[C@@H](Cc2cc(F)cc(F)c2)NC(=O)Cc2nc3nc(C)cc(C)n3n2)c1. The summed E-state index contributed by atoms with van der Waals surface area (Å²) in [5.41, 5.74) is 4.23. The van der Waals surface area contributed by atoms with Gasteiger partial charge in [-0.1, -0.05) is 31.2 Å². The Balaban J connectivity index is 1.45. The van der Waals surface area contributed by atoms with Crippen molar-refractivity contribution < 1.29 is 18.7 Å². The average molecular weight is 523 g/mol. The van der Waals surface area contributed by atoms with E-state index >= 15 is 0 Å². The molecule has 0 saturated carbocycles. The number of benzene rings is 2. The van der Waals surface area contributed by atoms with Gasteiger partial charge in [0.2, 0.25) is 5.91 Å². The summed E-state index contributed by atoms with van der Waals surface area (Å²) in [6.45, 7) is 6.49. The summed E-state index contributed by atoms with van der Waals surface area (Å²) in [7, 11) is 0. The fourth-order valence-corrected chi connectivity index (χ4v) is 4.42. The van der Waals surface area contributed by atoms with E-state index in [1.54, 1.807) is 4.52 Å². The Morgan fingerprint density at radius 3 is 2.50 bits per heavy atom. The highest BCUT2D eigenvalue weighted by Gasteiger charge is 2.23. The predicted molar refractivity (Wildman–Crippen MR) is 139 cm³/mol. The van der Waals surface area contributed by atoms with E-state index in [0.717, 1.165) is 29.4 Å². The van der Waals surface area contributed by atoms with Crippen molar-refractivity contribution in [2.24, 2.45) is 0 Å². The van der Waals surface area contributed by atoms with Crippen LogP contribution in [0.3, 0.4) is 0 Å². The number of aliphatic hydroxyl groups excluding tert-OH is 1. The minimum absolute atomic E-state index is 0.0348. The van der Waals surface area contributed by atoms with Gasteiger partial charge in [-0.3, -0.25) is 4.79 Å². The summed E-state index contributed by atoms with van der Waals surface area (Å²) in [4.78, 5) is 21.6. The summed E-state index contributed by atoms with van der Waals surface area (Å²) >= 11 is 0. The molecule has 0 radical (unpaired) electrons. The van der Waals surface area contributed by atoms with E-state index in [9.17, 15) is 18.7 Å². The Labute approximate surface area is 220 Å². The molecule has 200 valence electrons. The zero-order chi connectivity index (χ0) is 27.2. The van der Waals surface area contributed by atoms with Crippen molar-refractivity contribution in [3.8, 4) is 0 Å². The second-order valence-corrected chi connectivity index (χ2v) is 9.48. The molecular formula is C28H32F2N6O2. The largest absolute Gasteiger partial charge is 0.390 e. The number of rotatable bonds is 11. The number of fused-ring (bicyclic) bond motifs is 1. The molecule has 0 spiro atoms. The number of hydrogen-bond donors (Lipinski definition) is 3. The zero-order valence-corrected chi connectivity index (χ0v) is 21.7. The van der Waals surface area contributed by atoms with Gasteiger partial charge in [-0.05, 0) is 61.6 Å². The van der Waals surface area contributed by atoms with Crippen LogP contribution in [0, 0.1) is 25.5 Å². The fourth-order valence-electron chi connectivity index (χ4n) is 4.42. The molecule has 0 aliphatic carbocycles. The topological polar surface area (TPSA) is 104 Å². The van der Waals surface area contributed by atoms with Crippen molar-refractivity contribution in [3.05, 3.63) is 94.1 Å². The van der Waals surface area contributed by atoms with Crippen molar-refractivity contribution >= 4 is 11.7 Å². The summed E-state index contributed by atoms with van der Waals surface area (Å²) in [6, 6.07) is 12.4. The second kappa shape index (κ2) is 12.2. The molecule has 8 nitrogen and oxygen atoms in total. The van der Waals surface area contributed by atoms with E-state index in [0.29, 0.717) is 17.9 Å². The molecule has 1 amide bonds. The molecule has 0 aliphatic heterocycles. The summed E-state index contributed by atoms with van der Waals surface area (Å²) in [6.07, 6.45) is -0.210. The number of nitrogens with one attached hydrogen (secondary N) is 2. The average Bonchev–Trinajstić information content (AvgIpc) is 3.25. The van der Waals surface area contributed by atoms with Crippen molar-refractivity contribution in [1.29, 1.82) is 0 Å². The number of carbonyl (C=O) groups is 1. The van der Waals surface area contributed by atoms with Gasteiger partial charge in [-0.2, -0.15) is 4.98 Å². The molecule has 10 heteroatoms. The Bertz CT molecular complexity index is 1400. The number of carbonyl (C=O) groups excluding carboxylic acids is 1. The third-order valence-electron chi connectivity index (χ3n) is 6.25. The van der Waals surface area contributed by atoms with Gasteiger partial charge in [0.1, 0.15) is 11.6 Å². The van der Waals surface area contributed by atoms with Gasteiger partial charge < -0.3 is 15.7 Å². The van der Waals surface area contributed by atoms with E-state index < -0.39 is 29.7 Å². The molecular weight excluding hydrogens is 490 g/mol. The van der Waals surface area contributed by atoms with Gasteiger partial charge >= 0.3 is 0 Å². The lowest BCUT2D eigenvalue weighted by atomic mass is 10.00. The van der Waals surface area contributed by atoms with Crippen LogP contribution < -0.4 is 10.6 Å². The van der Waals surface area contributed by atoms with Gasteiger partial charge in [0.05, 0.1) is 18.6 Å². The molecule has 0 bridgehead atoms. The van der Waals surface area contributed by atoms with Gasteiger partial charge in [-0.15, -0.1) is 5.10 Å². The lowest BCUT2D eigenvalue weighted by Crippen LogP contribution is -2.49. The number of aliphatic hydroxyl groups is 1. The maximum atomic E-state index is 13.8. The van der Waals surface area contributed by atoms with Gasteiger partial charge in [0.25, 0.3) is 5.78 Å². The molecule has 2 aromatic carbocycles. The molecule has 38 heavy (non-hydrogen) atoms. The van der Waals surface area contributed by atoms with Crippen LogP contribution in [0.15, 0.2) is 48.5 Å². The van der Waals surface area contributed by atoms with Crippen molar-refractivity contribution in [1.82, 2.24) is 30.2 Å². The first-order chi connectivity index (χ1) is 18.2. The van der Waals surface area contributed by atoms with Crippen LogP contribution in [0.5, 0.6) is 0 Å². The first-order valence-electron chi connectivity index (χ1n) is 12.6. The normalized spacial score (nSPS) is 13.0. The smallest absolute Gasteiger partial charge is 0.252 e. The van der Waals surface area contributed by atoms with Gasteiger partial charge in [-0.25, -0.2) is 18.3 Å². The Kier molecular flexibility index (Phi) is 8.75. The van der Waals surface area contributed by atoms with Crippen molar-refractivity contribution in [2.45, 2.75) is 58.7 Å². The van der Waals surface area contributed by atoms with Crippen molar-refractivity contribution in [2.75, 3.05) is 6.54 Å². The van der Waals surface area contributed by atoms with Crippen LogP contribution in [0.2, 0.25) is 0 Å². The minimum atomic E-state index is -1.03. The molecule has 4 aromatic rings. The third kappa shape index (κ3) is 7.17. The van der Waals surface area contributed by atoms with Crippen LogP contribution in [-0.4, -0.2) is 49.3 Å². The number of aromatic nitrogens is 4. The minimum Gasteiger partial charge on any atom is -0.390 e. The third-order valence-corrected chi connectivity index (χ3v) is 6.25. The fraction of sp³-hybridized carbons (Fsp3) is 0.357. The van der Waals surface area contributed by atoms with Gasteiger partial charge in [0, 0.05) is 30.5 Å². The van der Waals surface area contributed by atoms with Crippen LogP contribution in [-0.2, 0) is 30.6 Å². The first kappa shape index (κ1) is 27.3. The maximum Gasteiger partial charge on any atom is 0.252 e. The molecule has 0 saturated heterocycles. The van der Waals surface area contributed by atoms with Crippen LogP contribution in [0.25, 0.3) is 5.78 Å². The lowest BCUT2D eigenvalue weighted by molar-refractivity contribution is -0.122. The second-order valence-electron chi connectivity index (χ2n) is 9.48. The predicted octanol–water partition coefficient (Wildman–Crippen LogP) is 3.00. The van der Waals surface area contributed by atoms with E-state index in [1.807, 2.05) is 32.0 Å².